The number of hydrogen-bond acceptors (Lipinski definition) is 3. The van der Waals surface area contributed by atoms with Gasteiger partial charge in [-0.05, 0) is 54.9 Å². The van der Waals surface area contributed by atoms with Crippen LogP contribution in [0.5, 0.6) is 11.5 Å². The van der Waals surface area contributed by atoms with E-state index in [1.54, 1.807) is 0 Å². The third-order valence-corrected chi connectivity index (χ3v) is 6.41. The Morgan fingerprint density at radius 2 is 1.26 bits per heavy atom. The van der Waals surface area contributed by atoms with Gasteiger partial charge in [-0.3, -0.25) is 9.36 Å². The Bertz CT molecular complexity index is 1720. The topological polar surface area (TPSA) is 44.9 Å². The largest absolute Gasteiger partial charge is 2.00 e. The fourth-order valence-corrected chi connectivity index (χ4v) is 4.58. The van der Waals surface area contributed by atoms with Gasteiger partial charge in [0.1, 0.15) is 0 Å². The summed E-state index contributed by atoms with van der Waals surface area (Å²) in [5, 5.41) is 9.31. The van der Waals surface area contributed by atoms with Crippen LogP contribution in [-0.4, -0.2) is 19.6 Å². The summed E-state index contributed by atoms with van der Waals surface area (Å²) in [5.74, 6) is 1.19. The number of hydrogen-bond donors (Lipinski definition) is 0. The normalized spacial score (nSPS) is 10.7. The zero-order valence-electron chi connectivity index (χ0n) is 21.8. The monoisotopic (exact) mass is 689 g/mol. The molecule has 2 aromatic heterocycles. The molecule has 0 spiro atoms. The van der Waals surface area contributed by atoms with Crippen molar-refractivity contribution in [3.05, 3.63) is 132 Å². The van der Waals surface area contributed by atoms with E-state index < -0.39 is 0 Å². The molecule has 0 amide bonds. The molecule has 0 bridgehead atoms. The second-order valence-electron chi connectivity index (χ2n) is 9.26. The van der Waals surface area contributed by atoms with Gasteiger partial charge >= 0.3 is 21.1 Å². The summed E-state index contributed by atoms with van der Waals surface area (Å²) in [6, 6.07) is 39.2. The number of aromatic nitrogens is 4. The summed E-state index contributed by atoms with van der Waals surface area (Å²) in [5.41, 5.74) is 9.18. The van der Waals surface area contributed by atoms with E-state index in [2.05, 4.69) is 65.8 Å². The maximum absolute atomic E-state index is 6.13. The molecule has 194 valence electrons. The van der Waals surface area contributed by atoms with Gasteiger partial charge in [-0.2, -0.15) is 22.3 Å². The summed E-state index contributed by atoms with van der Waals surface area (Å²) in [6.45, 7) is 6.03. The van der Waals surface area contributed by atoms with Crippen LogP contribution in [-0.2, 0) is 21.1 Å². The first kappa shape index (κ1) is 26.4. The van der Waals surface area contributed by atoms with Crippen LogP contribution >= 0.6 is 0 Å². The molecule has 6 rings (SSSR count). The summed E-state index contributed by atoms with van der Waals surface area (Å²) >= 11 is 0. The Morgan fingerprint density at radius 3 is 1.92 bits per heavy atom. The number of rotatable bonds is 6. The fourth-order valence-electron chi connectivity index (χ4n) is 4.58. The van der Waals surface area contributed by atoms with E-state index >= 15 is 0 Å². The van der Waals surface area contributed by atoms with Crippen LogP contribution in [0.4, 0.5) is 0 Å². The predicted molar refractivity (Wildman–Crippen MR) is 150 cm³/mol. The summed E-state index contributed by atoms with van der Waals surface area (Å²) in [6.07, 6.45) is 2.04. The second kappa shape index (κ2) is 11.3. The molecule has 0 unspecified atom stereocenters. The summed E-state index contributed by atoms with van der Waals surface area (Å²) in [7, 11) is 0. The Kier molecular flexibility index (Phi) is 7.62. The van der Waals surface area contributed by atoms with Crippen LogP contribution in [0.15, 0.2) is 103 Å². The average Bonchev–Trinajstić information content (AvgIpc) is 3.50. The zero-order valence-corrected chi connectivity index (χ0v) is 24.1. The molecule has 0 radical (unpaired) electrons. The van der Waals surface area contributed by atoms with Gasteiger partial charge in [0.15, 0.2) is 0 Å². The van der Waals surface area contributed by atoms with E-state index in [0.29, 0.717) is 11.5 Å². The van der Waals surface area contributed by atoms with Crippen molar-refractivity contribution in [3.8, 4) is 45.1 Å². The van der Waals surface area contributed by atoms with Gasteiger partial charge in [-0.15, -0.1) is 36.4 Å². The van der Waals surface area contributed by atoms with Gasteiger partial charge in [-0.1, -0.05) is 54.6 Å². The number of ether oxygens (including phenoxy) is 1. The molecule has 6 heteroatoms. The quantitative estimate of drug-likeness (QED) is 0.169. The molecule has 0 saturated heterocycles. The molecule has 0 fully saturated rings. The minimum absolute atomic E-state index is 0. The maximum Gasteiger partial charge on any atom is 2.00 e. The molecular weight excluding hydrogens is 663 g/mol. The third kappa shape index (κ3) is 5.64. The summed E-state index contributed by atoms with van der Waals surface area (Å²) in [4.78, 5) is 0. The van der Waals surface area contributed by atoms with E-state index in [1.165, 1.54) is 11.1 Å². The minimum atomic E-state index is 0. The molecule has 39 heavy (non-hydrogen) atoms. The molecule has 0 aliphatic carbocycles. The third-order valence-electron chi connectivity index (χ3n) is 6.41. The Labute approximate surface area is 243 Å². The van der Waals surface area contributed by atoms with Crippen molar-refractivity contribution in [2.24, 2.45) is 0 Å². The molecular formula is C33H26N4OPt. The first-order valence-electron chi connectivity index (χ1n) is 12.5. The molecule has 6 aromatic rings. The van der Waals surface area contributed by atoms with Crippen LogP contribution in [0.25, 0.3) is 33.6 Å². The molecule has 0 N–H and O–H groups in total. The SMILES string of the molecule is Cc1cc(C)n(-c2[c-]c(Oc3[c-]c(-n4cc(-c5ccc(-c6ccccc6)cc5)c(C)n4)ccc3)ccc2)n1.[Pt+2]. The Morgan fingerprint density at radius 1 is 0.641 bits per heavy atom. The molecule has 0 aliphatic heterocycles. The van der Waals surface area contributed by atoms with E-state index in [1.807, 2.05) is 84.9 Å². The maximum atomic E-state index is 6.13. The fraction of sp³-hybridized carbons (Fsp3) is 0.0909. The van der Waals surface area contributed by atoms with E-state index in [-0.39, 0.29) is 21.1 Å². The smallest absolute Gasteiger partial charge is 0.509 e. The standard InChI is InChI=1S/C33H26N4O.Pt/c1-23-19-24(2)37(34-23)30-12-8-14-32(21-30)38-31-13-7-11-29(20-31)36-22-33(25(3)35-36)28-17-15-27(16-18-28)26-9-5-4-6-10-26;/h4-19,22H,1-3H3;/q-2;+2. The minimum Gasteiger partial charge on any atom is -0.509 e. The van der Waals surface area contributed by atoms with Gasteiger partial charge in [-0.25, -0.2) is 0 Å². The van der Waals surface area contributed by atoms with Gasteiger partial charge in [0.05, 0.1) is 11.4 Å². The van der Waals surface area contributed by atoms with Crippen molar-refractivity contribution >= 4 is 0 Å². The van der Waals surface area contributed by atoms with E-state index in [9.17, 15) is 0 Å². The van der Waals surface area contributed by atoms with Crippen LogP contribution in [0.3, 0.4) is 0 Å². The van der Waals surface area contributed by atoms with E-state index in [0.717, 1.165) is 39.6 Å². The summed E-state index contributed by atoms with van der Waals surface area (Å²) < 4.78 is 9.84. The molecule has 0 aliphatic rings. The Hall–Kier alpha value is -4.21. The van der Waals surface area contributed by atoms with Gasteiger partial charge in [0.2, 0.25) is 0 Å². The molecule has 0 atom stereocenters. The predicted octanol–water partition coefficient (Wildman–Crippen LogP) is 7.71. The first-order chi connectivity index (χ1) is 18.5. The van der Waals surface area contributed by atoms with Crippen molar-refractivity contribution < 1.29 is 25.8 Å². The molecule has 2 heterocycles. The molecule has 4 aromatic carbocycles. The van der Waals surface area contributed by atoms with Crippen molar-refractivity contribution in [2.45, 2.75) is 20.8 Å². The van der Waals surface area contributed by atoms with Crippen molar-refractivity contribution in [1.29, 1.82) is 0 Å². The number of aryl methyl sites for hydroxylation is 3. The van der Waals surface area contributed by atoms with Gasteiger partial charge < -0.3 is 4.74 Å². The molecule has 0 saturated carbocycles. The second-order valence-corrected chi connectivity index (χ2v) is 9.26. The number of nitrogens with zero attached hydrogens (tertiary/aromatic N) is 4. The van der Waals surface area contributed by atoms with Crippen molar-refractivity contribution in [1.82, 2.24) is 19.6 Å². The van der Waals surface area contributed by atoms with Gasteiger partial charge in [0.25, 0.3) is 0 Å². The van der Waals surface area contributed by atoms with Crippen LogP contribution in [0.1, 0.15) is 17.1 Å². The Balaban J connectivity index is 0.00000308. The van der Waals surface area contributed by atoms with Crippen molar-refractivity contribution in [3.63, 3.8) is 0 Å². The first-order valence-corrected chi connectivity index (χ1v) is 12.5. The van der Waals surface area contributed by atoms with Gasteiger partial charge in [0, 0.05) is 29.0 Å². The molecule has 5 nitrogen and oxygen atoms in total. The zero-order chi connectivity index (χ0) is 26.1. The van der Waals surface area contributed by atoms with Crippen LogP contribution in [0.2, 0.25) is 0 Å². The van der Waals surface area contributed by atoms with E-state index in [4.69, 9.17) is 9.84 Å². The van der Waals surface area contributed by atoms with Crippen molar-refractivity contribution in [2.75, 3.05) is 0 Å². The average molecular weight is 690 g/mol. The van der Waals surface area contributed by atoms with Crippen LogP contribution < -0.4 is 4.74 Å². The number of benzene rings is 4. The van der Waals surface area contributed by atoms with Crippen LogP contribution in [0, 0.1) is 32.9 Å².